The van der Waals surface area contributed by atoms with Gasteiger partial charge in [-0.3, -0.25) is 4.79 Å². The SMILES string of the molecule is O=C(O)C1(SO)CCOc2ccc(Cl)cc21.[H-].[K+]. The molecule has 1 atom stereocenters. The van der Waals surface area contributed by atoms with E-state index in [-0.39, 0.29) is 65.8 Å². The monoisotopic (exact) mass is 300 g/mol. The third-order valence-electron chi connectivity index (χ3n) is 2.59. The van der Waals surface area contributed by atoms with Crippen molar-refractivity contribution in [1.82, 2.24) is 0 Å². The van der Waals surface area contributed by atoms with E-state index in [1.54, 1.807) is 12.1 Å². The van der Waals surface area contributed by atoms with Crippen molar-refractivity contribution >= 4 is 29.6 Å². The van der Waals surface area contributed by atoms with E-state index in [4.69, 9.17) is 16.3 Å². The van der Waals surface area contributed by atoms with Crippen LogP contribution in [0.15, 0.2) is 18.2 Å². The van der Waals surface area contributed by atoms with Gasteiger partial charge in [-0.15, -0.1) is 0 Å². The second-order valence-electron chi connectivity index (χ2n) is 3.46. The second-order valence-corrected chi connectivity index (χ2v) is 4.78. The summed E-state index contributed by atoms with van der Waals surface area (Å²) in [5.74, 6) is -0.633. The van der Waals surface area contributed by atoms with Gasteiger partial charge in [0.05, 0.1) is 6.61 Å². The number of aliphatic carboxylic acids is 1. The molecule has 2 rings (SSSR count). The number of carboxylic acid groups (broad SMARTS) is 1. The molecule has 88 valence electrons. The van der Waals surface area contributed by atoms with Crippen LogP contribution in [0.4, 0.5) is 0 Å². The fraction of sp³-hybridized carbons (Fsp3) is 0.300. The van der Waals surface area contributed by atoms with Crippen molar-refractivity contribution < 1.29 is 72.0 Å². The zero-order valence-electron chi connectivity index (χ0n) is 10.1. The Balaban J connectivity index is 0.00000144. The van der Waals surface area contributed by atoms with Crippen molar-refractivity contribution in [3.8, 4) is 5.75 Å². The van der Waals surface area contributed by atoms with Gasteiger partial charge in [0.1, 0.15) is 5.75 Å². The Labute approximate surface area is 152 Å². The molecule has 1 aliphatic rings. The van der Waals surface area contributed by atoms with Crippen LogP contribution < -0.4 is 56.1 Å². The Morgan fingerprint density at radius 2 is 2.29 bits per heavy atom. The van der Waals surface area contributed by atoms with Crippen LogP contribution in [0.5, 0.6) is 5.75 Å². The number of carboxylic acids is 1. The maximum atomic E-state index is 11.3. The first-order valence-electron chi connectivity index (χ1n) is 4.59. The Hall–Kier alpha value is 0.726. The van der Waals surface area contributed by atoms with Crippen molar-refractivity contribution in [2.75, 3.05) is 6.61 Å². The molecule has 1 unspecified atom stereocenters. The van der Waals surface area contributed by atoms with Crippen molar-refractivity contribution in [3.63, 3.8) is 0 Å². The van der Waals surface area contributed by atoms with E-state index in [2.05, 4.69) is 0 Å². The van der Waals surface area contributed by atoms with Crippen LogP contribution in [0.3, 0.4) is 0 Å². The normalized spacial score (nSPS) is 22.0. The minimum Gasteiger partial charge on any atom is -1.00 e. The summed E-state index contributed by atoms with van der Waals surface area (Å²) < 4.78 is 13.2. The predicted octanol–water partition coefficient (Wildman–Crippen LogP) is -0.275. The summed E-state index contributed by atoms with van der Waals surface area (Å²) in [4.78, 5) is 11.3. The van der Waals surface area contributed by atoms with Crippen LogP contribution in [0.2, 0.25) is 5.02 Å². The Kier molecular flexibility index (Phi) is 5.80. The van der Waals surface area contributed by atoms with Gasteiger partial charge >= 0.3 is 57.4 Å². The molecule has 4 nitrogen and oxygen atoms in total. The Bertz CT molecular complexity index is 448. The van der Waals surface area contributed by atoms with Crippen LogP contribution >= 0.6 is 23.6 Å². The van der Waals surface area contributed by atoms with Crippen LogP contribution in [-0.4, -0.2) is 22.2 Å². The van der Waals surface area contributed by atoms with Gasteiger partial charge in [0.15, 0.2) is 4.75 Å². The molecule has 0 bridgehead atoms. The number of rotatable bonds is 2. The van der Waals surface area contributed by atoms with E-state index in [0.29, 0.717) is 28.4 Å². The first-order valence-corrected chi connectivity index (χ1v) is 5.74. The van der Waals surface area contributed by atoms with E-state index in [1.165, 1.54) is 6.07 Å². The molecule has 0 amide bonds. The fourth-order valence-corrected chi connectivity index (χ4v) is 2.42. The smallest absolute Gasteiger partial charge is 1.00 e. The molecule has 0 fully saturated rings. The molecule has 1 heterocycles. The predicted molar refractivity (Wildman–Crippen MR) is 62.2 cm³/mol. The number of benzene rings is 1. The van der Waals surface area contributed by atoms with Crippen molar-refractivity contribution in [2.45, 2.75) is 11.2 Å². The third-order valence-corrected chi connectivity index (χ3v) is 3.74. The second kappa shape index (κ2) is 6.25. The maximum absolute atomic E-state index is 11.3. The number of ether oxygens (including phenoxy) is 1. The summed E-state index contributed by atoms with van der Waals surface area (Å²) in [6.07, 6.45) is 0.205. The Morgan fingerprint density at radius 1 is 1.59 bits per heavy atom. The third kappa shape index (κ3) is 2.84. The van der Waals surface area contributed by atoms with Crippen molar-refractivity contribution in [3.05, 3.63) is 28.8 Å². The summed E-state index contributed by atoms with van der Waals surface area (Å²) in [5, 5.41) is 9.67. The van der Waals surface area contributed by atoms with E-state index < -0.39 is 10.7 Å². The number of carbonyl (C=O) groups is 1. The standard InChI is InChI=1S/C10H9ClO4S.K.H/c11-6-1-2-8-7(5-6)10(16-14,9(12)13)3-4-15-8;;/h1-2,5,14H,3-4H2,(H,12,13);;/q;+1;-1. The van der Waals surface area contributed by atoms with Gasteiger partial charge in [0.2, 0.25) is 0 Å². The van der Waals surface area contributed by atoms with Gasteiger partial charge in [-0.2, -0.15) is 0 Å². The van der Waals surface area contributed by atoms with Gasteiger partial charge < -0.3 is 15.8 Å². The van der Waals surface area contributed by atoms with Crippen molar-refractivity contribution in [1.29, 1.82) is 0 Å². The van der Waals surface area contributed by atoms with E-state index >= 15 is 0 Å². The quantitative estimate of drug-likeness (QED) is 0.581. The molecule has 0 saturated carbocycles. The molecule has 0 saturated heterocycles. The number of hydrogen-bond donors (Lipinski definition) is 2. The number of halogens is 1. The molecule has 0 aromatic heterocycles. The molecule has 0 aliphatic carbocycles. The molecule has 17 heavy (non-hydrogen) atoms. The Morgan fingerprint density at radius 3 is 2.88 bits per heavy atom. The van der Waals surface area contributed by atoms with Gasteiger partial charge in [0, 0.05) is 29.0 Å². The minimum atomic E-state index is -1.38. The number of fused-ring (bicyclic) bond motifs is 1. The molecule has 0 spiro atoms. The van der Waals surface area contributed by atoms with E-state index in [1.807, 2.05) is 0 Å². The van der Waals surface area contributed by atoms with Gasteiger partial charge in [0.25, 0.3) is 0 Å². The summed E-state index contributed by atoms with van der Waals surface area (Å²) in [7, 11) is 0. The minimum absolute atomic E-state index is 0. The maximum Gasteiger partial charge on any atom is 1.00 e. The first-order chi connectivity index (χ1) is 7.60. The topological polar surface area (TPSA) is 66.8 Å². The largest absolute Gasteiger partial charge is 1.00 e. The number of hydrogen-bond acceptors (Lipinski definition) is 4. The molecular formula is C10H10ClKO4S. The van der Waals surface area contributed by atoms with Crippen LogP contribution in [-0.2, 0) is 9.54 Å². The van der Waals surface area contributed by atoms with Gasteiger partial charge in [-0.05, 0) is 18.2 Å². The molecule has 0 radical (unpaired) electrons. The molecule has 1 aliphatic heterocycles. The summed E-state index contributed by atoms with van der Waals surface area (Å²) in [6.45, 7) is 0.258. The first kappa shape index (κ1) is 15.8. The van der Waals surface area contributed by atoms with Gasteiger partial charge in [-0.1, -0.05) is 11.6 Å². The molecule has 1 aromatic carbocycles. The molecule has 1 aromatic rings. The zero-order valence-corrected chi connectivity index (χ0v) is 13.8. The molecule has 7 heteroatoms. The zero-order chi connectivity index (χ0) is 11.8. The van der Waals surface area contributed by atoms with E-state index in [9.17, 15) is 14.5 Å². The average molecular weight is 301 g/mol. The molecule has 2 N–H and O–H groups in total. The summed E-state index contributed by atoms with van der Waals surface area (Å²) in [5.41, 5.74) is 0.409. The van der Waals surface area contributed by atoms with Crippen LogP contribution in [0.1, 0.15) is 13.4 Å². The van der Waals surface area contributed by atoms with Crippen LogP contribution in [0, 0.1) is 0 Å². The average Bonchev–Trinajstić information content (AvgIpc) is 2.27. The fourth-order valence-electron chi connectivity index (χ4n) is 1.74. The summed E-state index contributed by atoms with van der Waals surface area (Å²) >= 11 is 6.14. The van der Waals surface area contributed by atoms with Gasteiger partial charge in [-0.25, -0.2) is 0 Å². The van der Waals surface area contributed by atoms with E-state index in [0.717, 1.165) is 0 Å². The van der Waals surface area contributed by atoms with Crippen molar-refractivity contribution in [2.24, 2.45) is 0 Å². The summed E-state index contributed by atoms with van der Waals surface area (Å²) in [6, 6.07) is 4.76. The molecular weight excluding hydrogens is 291 g/mol. The van der Waals surface area contributed by atoms with Crippen LogP contribution in [0.25, 0.3) is 0 Å².